The highest BCUT2D eigenvalue weighted by molar-refractivity contribution is 7.92. The number of amides is 2. The number of hydrogen-bond acceptors (Lipinski definition) is 6. The molecule has 2 aromatic carbocycles. The van der Waals surface area contributed by atoms with Gasteiger partial charge in [0.1, 0.15) is 0 Å². The summed E-state index contributed by atoms with van der Waals surface area (Å²) >= 11 is 0. The topological polar surface area (TPSA) is 114 Å². The van der Waals surface area contributed by atoms with Crippen molar-refractivity contribution in [2.24, 2.45) is 0 Å². The standard InChI is InChI=1S/C18H19N3O6S/c1-21(2)17(22)10-19-18(23)12-4-3-5-14(8-12)28(24,25)20-13-6-7-15-16(9-13)27-11-26-15/h3-9,20H,10-11H2,1-2H3,(H,19,23). The molecular weight excluding hydrogens is 386 g/mol. The van der Waals surface area contributed by atoms with Crippen LogP contribution < -0.4 is 19.5 Å². The van der Waals surface area contributed by atoms with Gasteiger partial charge in [-0.25, -0.2) is 8.42 Å². The van der Waals surface area contributed by atoms with Crippen LogP contribution in [0.25, 0.3) is 0 Å². The molecule has 2 amide bonds. The number of nitrogens with zero attached hydrogens (tertiary/aromatic N) is 1. The van der Waals surface area contributed by atoms with Crippen molar-refractivity contribution < 1.29 is 27.5 Å². The van der Waals surface area contributed by atoms with E-state index in [0.717, 1.165) is 0 Å². The highest BCUT2D eigenvalue weighted by Crippen LogP contribution is 2.34. The lowest BCUT2D eigenvalue weighted by atomic mass is 10.2. The van der Waals surface area contributed by atoms with Crippen molar-refractivity contribution in [3.8, 4) is 11.5 Å². The van der Waals surface area contributed by atoms with Crippen molar-refractivity contribution in [3.05, 3.63) is 48.0 Å². The molecule has 0 unspecified atom stereocenters. The van der Waals surface area contributed by atoms with Gasteiger partial charge in [0.15, 0.2) is 11.5 Å². The third-order valence-corrected chi connectivity index (χ3v) is 5.31. The Morgan fingerprint density at radius 1 is 1.07 bits per heavy atom. The average molecular weight is 405 g/mol. The van der Waals surface area contributed by atoms with Crippen LogP contribution in [0.15, 0.2) is 47.4 Å². The molecule has 0 saturated heterocycles. The minimum Gasteiger partial charge on any atom is -0.454 e. The van der Waals surface area contributed by atoms with Crippen molar-refractivity contribution in [2.75, 3.05) is 32.2 Å². The SMILES string of the molecule is CN(C)C(=O)CNC(=O)c1cccc(S(=O)(=O)Nc2ccc3c(c2)OCO3)c1. The maximum atomic E-state index is 12.7. The molecule has 0 bridgehead atoms. The first kappa shape index (κ1) is 19.5. The molecule has 0 saturated carbocycles. The molecule has 148 valence electrons. The summed E-state index contributed by atoms with van der Waals surface area (Å²) in [7, 11) is -0.787. The number of likely N-dealkylation sites (N-methyl/N-ethyl adjacent to an activating group) is 1. The van der Waals surface area contributed by atoms with E-state index in [9.17, 15) is 18.0 Å². The monoisotopic (exact) mass is 405 g/mol. The number of hydrogen-bond donors (Lipinski definition) is 2. The summed E-state index contributed by atoms with van der Waals surface area (Å²) in [6.07, 6.45) is 0. The third kappa shape index (κ3) is 4.34. The number of nitrogens with one attached hydrogen (secondary N) is 2. The number of benzene rings is 2. The quantitative estimate of drug-likeness (QED) is 0.742. The van der Waals surface area contributed by atoms with Gasteiger partial charge in [0.25, 0.3) is 15.9 Å². The summed E-state index contributed by atoms with van der Waals surface area (Å²) in [5.41, 5.74) is 0.427. The largest absolute Gasteiger partial charge is 0.454 e. The Morgan fingerprint density at radius 2 is 1.82 bits per heavy atom. The molecule has 0 radical (unpaired) electrons. The number of carbonyl (C=O) groups is 2. The van der Waals surface area contributed by atoms with Crippen LogP contribution in [0.1, 0.15) is 10.4 Å². The molecule has 0 aromatic heterocycles. The van der Waals surface area contributed by atoms with Crippen LogP contribution >= 0.6 is 0 Å². The fraction of sp³-hybridized carbons (Fsp3) is 0.222. The number of sulfonamides is 1. The summed E-state index contributed by atoms with van der Waals surface area (Å²) in [6, 6.07) is 10.2. The van der Waals surface area contributed by atoms with Gasteiger partial charge in [-0.2, -0.15) is 0 Å². The molecule has 2 aromatic rings. The molecule has 10 heteroatoms. The minimum atomic E-state index is -3.93. The normalized spacial score (nSPS) is 12.4. The second-order valence-electron chi connectivity index (χ2n) is 6.17. The zero-order valence-corrected chi connectivity index (χ0v) is 16.1. The van der Waals surface area contributed by atoms with E-state index in [-0.39, 0.29) is 29.7 Å². The number of anilines is 1. The number of fused-ring (bicyclic) bond motifs is 1. The van der Waals surface area contributed by atoms with Gasteiger partial charge < -0.3 is 19.7 Å². The molecule has 3 rings (SSSR count). The van der Waals surface area contributed by atoms with Crippen molar-refractivity contribution >= 4 is 27.5 Å². The Kier molecular flexibility index (Phi) is 5.41. The van der Waals surface area contributed by atoms with E-state index >= 15 is 0 Å². The molecule has 1 aliphatic heterocycles. The predicted octanol–water partition coefficient (Wildman–Crippen LogP) is 1.03. The molecule has 0 spiro atoms. The maximum Gasteiger partial charge on any atom is 0.261 e. The lowest BCUT2D eigenvalue weighted by molar-refractivity contribution is -0.127. The Bertz CT molecular complexity index is 1020. The van der Waals surface area contributed by atoms with E-state index in [1.807, 2.05) is 0 Å². The zero-order valence-electron chi connectivity index (χ0n) is 15.3. The fourth-order valence-corrected chi connectivity index (χ4v) is 3.49. The van der Waals surface area contributed by atoms with Gasteiger partial charge >= 0.3 is 0 Å². The summed E-state index contributed by atoms with van der Waals surface area (Å²) in [5, 5.41) is 2.46. The van der Waals surface area contributed by atoms with Gasteiger partial charge in [-0.3, -0.25) is 14.3 Å². The molecule has 0 fully saturated rings. The molecule has 1 aliphatic rings. The Morgan fingerprint density at radius 3 is 2.57 bits per heavy atom. The fourth-order valence-electron chi connectivity index (χ4n) is 2.39. The Balaban J connectivity index is 1.74. The van der Waals surface area contributed by atoms with Crippen LogP contribution in [0.3, 0.4) is 0 Å². The predicted molar refractivity (Wildman–Crippen MR) is 101 cm³/mol. The lowest BCUT2D eigenvalue weighted by Gasteiger charge is -2.12. The van der Waals surface area contributed by atoms with Crippen molar-refractivity contribution in [1.82, 2.24) is 10.2 Å². The maximum absolute atomic E-state index is 12.7. The van der Waals surface area contributed by atoms with Crippen LogP contribution in [0.4, 0.5) is 5.69 Å². The second kappa shape index (κ2) is 7.77. The van der Waals surface area contributed by atoms with Gasteiger partial charge in [0.2, 0.25) is 12.7 Å². The number of rotatable bonds is 6. The molecule has 0 atom stereocenters. The zero-order chi connectivity index (χ0) is 20.3. The van der Waals surface area contributed by atoms with E-state index in [1.165, 1.54) is 35.2 Å². The van der Waals surface area contributed by atoms with Gasteiger partial charge in [-0.05, 0) is 30.3 Å². The van der Waals surface area contributed by atoms with Crippen molar-refractivity contribution in [2.45, 2.75) is 4.90 Å². The smallest absolute Gasteiger partial charge is 0.261 e. The highest BCUT2D eigenvalue weighted by atomic mass is 32.2. The number of ether oxygens (including phenoxy) is 2. The van der Waals surface area contributed by atoms with E-state index in [4.69, 9.17) is 9.47 Å². The average Bonchev–Trinajstić information content (AvgIpc) is 3.13. The van der Waals surface area contributed by atoms with Crippen LogP contribution in [-0.4, -0.2) is 52.6 Å². The van der Waals surface area contributed by atoms with E-state index in [2.05, 4.69) is 10.0 Å². The summed E-state index contributed by atoms with van der Waals surface area (Å²) in [5.74, 6) is 0.157. The van der Waals surface area contributed by atoms with Crippen LogP contribution in [0.5, 0.6) is 11.5 Å². The second-order valence-corrected chi connectivity index (χ2v) is 7.85. The van der Waals surface area contributed by atoms with E-state index < -0.39 is 15.9 Å². The van der Waals surface area contributed by atoms with Gasteiger partial charge in [-0.15, -0.1) is 0 Å². The Labute approximate surface area is 162 Å². The van der Waals surface area contributed by atoms with E-state index in [0.29, 0.717) is 17.2 Å². The van der Waals surface area contributed by atoms with Crippen molar-refractivity contribution in [3.63, 3.8) is 0 Å². The molecule has 28 heavy (non-hydrogen) atoms. The summed E-state index contributed by atoms with van der Waals surface area (Å²) < 4.78 is 38.2. The third-order valence-electron chi connectivity index (χ3n) is 3.93. The molecule has 1 heterocycles. The summed E-state index contributed by atoms with van der Waals surface area (Å²) in [6.45, 7) is -0.0999. The molecule has 2 N–H and O–H groups in total. The van der Waals surface area contributed by atoms with Gasteiger partial charge in [0.05, 0.1) is 17.1 Å². The van der Waals surface area contributed by atoms with Crippen molar-refractivity contribution in [1.29, 1.82) is 0 Å². The van der Waals surface area contributed by atoms with E-state index in [1.54, 1.807) is 26.2 Å². The lowest BCUT2D eigenvalue weighted by Crippen LogP contribution is -2.36. The molecule has 9 nitrogen and oxygen atoms in total. The van der Waals surface area contributed by atoms with Crippen LogP contribution in [-0.2, 0) is 14.8 Å². The summed E-state index contributed by atoms with van der Waals surface area (Å²) in [4.78, 5) is 25.0. The van der Waals surface area contributed by atoms with Crippen LogP contribution in [0, 0.1) is 0 Å². The molecule has 0 aliphatic carbocycles. The minimum absolute atomic E-state index is 0.0824. The first-order valence-electron chi connectivity index (χ1n) is 8.27. The number of carbonyl (C=O) groups excluding carboxylic acids is 2. The highest BCUT2D eigenvalue weighted by Gasteiger charge is 2.19. The molecular formula is C18H19N3O6S. The first-order chi connectivity index (χ1) is 13.3. The van der Waals surface area contributed by atoms with Gasteiger partial charge in [0, 0.05) is 25.7 Å². The Hall–Kier alpha value is -3.27. The first-order valence-corrected chi connectivity index (χ1v) is 9.75. The van der Waals surface area contributed by atoms with Crippen LogP contribution in [0.2, 0.25) is 0 Å². The van der Waals surface area contributed by atoms with Gasteiger partial charge in [-0.1, -0.05) is 6.07 Å².